The zero-order valence-corrected chi connectivity index (χ0v) is 8.72. The highest BCUT2D eigenvalue weighted by Crippen LogP contribution is 2.10. The van der Waals surface area contributed by atoms with Crippen molar-refractivity contribution in [1.29, 1.82) is 0 Å². The van der Waals surface area contributed by atoms with E-state index >= 15 is 0 Å². The van der Waals surface area contributed by atoms with Crippen molar-refractivity contribution in [2.45, 2.75) is 45.3 Å². The van der Waals surface area contributed by atoms with Crippen LogP contribution < -0.4 is 5.32 Å². The molecule has 0 aromatic carbocycles. The van der Waals surface area contributed by atoms with Crippen LogP contribution in [-0.4, -0.2) is 30.6 Å². The monoisotopic (exact) mass is 185 g/mol. The van der Waals surface area contributed by atoms with Gasteiger partial charge in [-0.15, -0.1) is 0 Å². The summed E-state index contributed by atoms with van der Waals surface area (Å²) in [7, 11) is 0. The van der Waals surface area contributed by atoms with Crippen LogP contribution >= 0.6 is 0 Å². The third-order valence-electron chi connectivity index (χ3n) is 2.10. The number of carbonyl (C=O) groups is 1. The van der Waals surface area contributed by atoms with Gasteiger partial charge in [-0.3, -0.25) is 4.79 Å². The Morgan fingerprint density at radius 2 is 2.23 bits per heavy atom. The molecule has 13 heavy (non-hydrogen) atoms. The molecule has 76 valence electrons. The van der Waals surface area contributed by atoms with Crippen LogP contribution in [0.5, 0.6) is 0 Å². The van der Waals surface area contributed by atoms with Gasteiger partial charge in [0.1, 0.15) is 6.61 Å². The highest BCUT2D eigenvalue weighted by atomic mass is 16.5. The van der Waals surface area contributed by atoms with Gasteiger partial charge < -0.3 is 10.1 Å². The Morgan fingerprint density at radius 1 is 1.54 bits per heavy atom. The summed E-state index contributed by atoms with van der Waals surface area (Å²) >= 11 is 0. The van der Waals surface area contributed by atoms with Crippen LogP contribution in [0.4, 0.5) is 0 Å². The van der Waals surface area contributed by atoms with Crippen molar-refractivity contribution in [3.05, 3.63) is 0 Å². The number of ketones is 1. The molecule has 0 aromatic heterocycles. The maximum Gasteiger partial charge on any atom is 0.175 e. The third-order valence-corrected chi connectivity index (χ3v) is 2.10. The molecule has 0 bridgehead atoms. The molecule has 1 heterocycles. The van der Waals surface area contributed by atoms with Gasteiger partial charge in [-0.25, -0.2) is 0 Å². The maximum atomic E-state index is 11.5. The normalized spacial score (nSPS) is 23.5. The predicted molar refractivity (Wildman–Crippen MR) is 51.7 cm³/mol. The summed E-state index contributed by atoms with van der Waals surface area (Å²) in [4.78, 5) is 11.5. The van der Waals surface area contributed by atoms with Crippen LogP contribution in [0.3, 0.4) is 0 Å². The lowest BCUT2D eigenvalue weighted by Gasteiger charge is -2.20. The lowest BCUT2D eigenvalue weighted by atomic mass is 10.1. The van der Waals surface area contributed by atoms with Crippen LogP contribution in [0, 0.1) is 0 Å². The highest BCUT2D eigenvalue weighted by molar-refractivity contribution is 5.85. The molecule has 0 aromatic rings. The first kappa shape index (κ1) is 10.7. The third kappa shape index (κ3) is 3.87. The summed E-state index contributed by atoms with van der Waals surface area (Å²) in [6.07, 6.45) is 2.07. The van der Waals surface area contributed by atoms with Gasteiger partial charge in [-0.05, 0) is 40.2 Å². The second-order valence-electron chi connectivity index (χ2n) is 4.52. The fraction of sp³-hybridized carbons (Fsp3) is 0.900. The lowest BCUT2D eigenvalue weighted by molar-refractivity contribution is -0.130. The number of Topliss-reactive ketones (excluding diaryl/α,β-unsaturated/α-hetero) is 1. The standard InChI is InChI=1S/C10H19NO2/c1-10(2,3)13-7-9(12)8-5-4-6-11-8/h8,11H,4-7H2,1-3H3. The lowest BCUT2D eigenvalue weighted by Crippen LogP contribution is -2.35. The minimum atomic E-state index is -0.214. The molecule has 1 aliphatic heterocycles. The summed E-state index contributed by atoms with van der Waals surface area (Å²) in [6.45, 7) is 7.08. The topological polar surface area (TPSA) is 38.3 Å². The number of rotatable bonds is 3. The van der Waals surface area contributed by atoms with Crippen molar-refractivity contribution in [2.75, 3.05) is 13.2 Å². The van der Waals surface area contributed by atoms with Gasteiger partial charge in [-0.2, -0.15) is 0 Å². The summed E-state index contributed by atoms with van der Waals surface area (Å²) in [5, 5.41) is 3.16. The van der Waals surface area contributed by atoms with Crippen LogP contribution in [0.15, 0.2) is 0 Å². The Bertz CT molecular complexity index is 178. The number of nitrogens with one attached hydrogen (secondary N) is 1. The average Bonchev–Trinajstić information content (AvgIpc) is 2.50. The molecule has 0 spiro atoms. The van der Waals surface area contributed by atoms with E-state index in [1.54, 1.807) is 0 Å². The van der Waals surface area contributed by atoms with E-state index in [1.165, 1.54) is 0 Å². The molecule has 1 unspecified atom stereocenters. The van der Waals surface area contributed by atoms with Crippen LogP contribution in [0.25, 0.3) is 0 Å². The van der Waals surface area contributed by atoms with Crippen LogP contribution in [0.2, 0.25) is 0 Å². The Kier molecular flexibility index (Phi) is 3.45. The molecule has 1 aliphatic rings. The Balaban J connectivity index is 2.25. The van der Waals surface area contributed by atoms with Crippen LogP contribution in [-0.2, 0) is 9.53 Å². The molecule has 0 amide bonds. The van der Waals surface area contributed by atoms with Gasteiger partial charge in [0.05, 0.1) is 11.6 Å². The van der Waals surface area contributed by atoms with Crippen molar-refractivity contribution in [2.24, 2.45) is 0 Å². The van der Waals surface area contributed by atoms with Gasteiger partial charge in [-0.1, -0.05) is 0 Å². The largest absolute Gasteiger partial charge is 0.368 e. The molecule has 0 saturated carbocycles. The van der Waals surface area contributed by atoms with Crippen LogP contribution in [0.1, 0.15) is 33.6 Å². The molecule has 0 aliphatic carbocycles. The molecular formula is C10H19NO2. The fourth-order valence-corrected chi connectivity index (χ4v) is 1.35. The van der Waals surface area contributed by atoms with E-state index in [1.807, 2.05) is 20.8 Å². The molecule has 3 heteroatoms. The Labute approximate surface area is 79.8 Å². The first-order chi connectivity index (χ1) is 5.99. The fourth-order valence-electron chi connectivity index (χ4n) is 1.35. The van der Waals surface area contributed by atoms with Crippen molar-refractivity contribution in [1.82, 2.24) is 5.32 Å². The number of hydrogen-bond donors (Lipinski definition) is 1. The number of ether oxygens (including phenoxy) is 1. The quantitative estimate of drug-likeness (QED) is 0.716. The predicted octanol–water partition coefficient (Wildman–Crippen LogP) is 1.12. The minimum Gasteiger partial charge on any atom is -0.368 e. The van der Waals surface area contributed by atoms with E-state index in [0.29, 0.717) is 0 Å². The van der Waals surface area contributed by atoms with E-state index in [-0.39, 0.29) is 24.0 Å². The smallest absolute Gasteiger partial charge is 0.175 e. The van der Waals surface area contributed by atoms with E-state index in [0.717, 1.165) is 19.4 Å². The molecule has 1 atom stereocenters. The second-order valence-corrected chi connectivity index (χ2v) is 4.52. The molecule has 1 rings (SSSR count). The molecule has 3 nitrogen and oxygen atoms in total. The zero-order chi connectivity index (χ0) is 9.90. The van der Waals surface area contributed by atoms with E-state index in [2.05, 4.69) is 5.32 Å². The molecule has 1 fully saturated rings. The molecular weight excluding hydrogens is 166 g/mol. The van der Waals surface area contributed by atoms with Crippen molar-refractivity contribution < 1.29 is 9.53 Å². The first-order valence-corrected chi connectivity index (χ1v) is 4.89. The van der Waals surface area contributed by atoms with Crippen molar-refractivity contribution in [3.8, 4) is 0 Å². The number of carbonyl (C=O) groups excluding carboxylic acids is 1. The summed E-state index contributed by atoms with van der Waals surface area (Å²) < 4.78 is 5.41. The Hall–Kier alpha value is -0.410. The Morgan fingerprint density at radius 3 is 2.69 bits per heavy atom. The summed E-state index contributed by atoms with van der Waals surface area (Å²) in [5.41, 5.74) is -0.214. The molecule has 0 radical (unpaired) electrons. The van der Waals surface area contributed by atoms with Gasteiger partial charge in [0.15, 0.2) is 5.78 Å². The molecule has 1 saturated heterocycles. The average molecular weight is 185 g/mol. The second kappa shape index (κ2) is 4.20. The first-order valence-electron chi connectivity index (χ1n) is 4.89. The van der Waals surface area contributed by atoms with Gasteiger partial charge >= 0.3 is 0 Å². The van der Waals surface area contributed by atoms with Gasteiger partial charge in [0.2, 0.25) is 0 Å². The van der Waals surface area contributed by atoms with E-state index < -0.39 is 0 Å². The van der Waals surface area contributed by atoms with E-state index in [9.17, 15) is 4.79 Å². The highest BCUT2D eigenvalue weighted by Gasteiger charge is 2.23. The van der Waals surface area contributed by atoms with Crippen molar-refractivity contribution in [3.63, 3.8) is 0 Å². The molecule has 1 N–H and O–H groups in total. The van der Waals surface area contributed by atoms with Gasteiger partial charge in [0, 0.05) is 0 Å². The zero-order valence-electron chi connectivity index (χ0n) is 8.72. The summed E-state index contributed by atoms with van der Waals surface area (Å²) in [6, 6.07) is 0.0438. The summed E-state index contributed by atoms with van der Waals surface area (Å²) in [5.74, 6) is 0.187. The SMILES string of the molecule is CC(C)(C)OCC(=O)C1CCCN1. The maximum absolute atomic E-state index is 11.5. The van der Waals surface area contributed by atoms with E-state index in [4.69, 9.17) is 4.74 Å². The minimum absolute atomic E-state index is 0.0438. The number of hydrogen-bond acceptors (Lipinski definition) is 3. The van der Waals surface area contributed by atoms with Gasteiger partial charge in [0.25, 0.3) is 0 Å². The van der Waals surface area contributed by atoms with Crippen molar-refractivity contribution >= 4 is 5.78 Å².